The minimum Gasteiger partial charge on any atom is -0.423 e. The molecule has 0 saturated carbocycles. The molecule has 0 unspecified atom stereocenters. The zero-order valence-corrected chi connectivity index (χ0v) is 24.7. The molecule has 12 nitrogen and oxygen atoms in total. The van der Waals surface area contributed by atoms with Gasteiger partial charge in [-0.3, -0.25) is 19.4 Å². The first-order valence-corrected chi connectivity index (χ1v) is 14.0. The molecule has 0 aliphatic carbocycles. The van der Waals surface area contributed by atoms with Crippen LogP contribution in [0.2, 0.25) is 0 Å². The largest absolute Gasteiger partial charge is 0.423 e. The van der Waals surface area contributed by atoms with E-state index in [1.54, 1.807) is 25.1 Å². The van der Waals surface area contributed by atoms with Gasteiger partial charge in [0.05, 0.1) is 6.04 Å². The first-order valence-electron chi connectivity index (χ1n) is 14.0. The number of aryl methyl sites for hydroxylation is 1. The molecule has 230 valence electrons. The van der Waals surface area contributed by atoms with Gasteiger partial charge in [0, 0.05) is 36.2 Å². The topological polar surface area (TPSA) is 194 Å². The molecule has 1 aliphatic heterocycles. The summed E-state index contributed by atoms with van der Waals surface area (Å²) in [5, 5.41) is 12.4. The first-order chi connectivity index (χ1) is 20.2. The van der Waals surface area contributed by atoms with Crippen molar-refractivity contribution in [2.45, 2.75) is 57.2 Å². The highest BCUT2D eigenvalue weighted by atomic mass is 35.5. The van der Waals surface area contributed by atoms with Crippen LogP contribution in [-0.4, -0.2) is 54.9 Å². The Morgan fingerprint density at radius 1 is 1.05 bits per heavy atom. The van der Waals surface area contributed by atoms with Crippen molar-refractivity contribution in [3.05, 3.63) is 76.1 Å². The van der Waals surface area contributed by atoms with E-state index in [1.165, 1.54) is 6.07 Å². The Labute approximate surface area is 255 Å². The Balaban J connectivity index is 0.00000506. The maximum atomic E-state index is 13.6. The molecule has 4 rings (SSSR count). The van der Waals surface area contributed by atoms with Crippen LogP contribution in [0.3, 0.4) is 0 Å². The summed E-state index contributed by atoms with van der Waals surface area (Å²) in [5.41, 5.74) is 12.7. The van der Waals surface area contributed by atoms with Crippen LogP contribution in [0, 0.1) is 6.92 Å². The molecule has 13 heteroatoms. The molecule has 2 heterocycles. The molecule has 3 atom stereocenters. The Kier molecular flexibility index (Phi) is 12.1. The number of guanidine groups is 1. The van der Waals surface area contributed by atoms with Crippen LogP contribution in [-0.2, 0) is 20.8 Å². The maximum Gasteiger partial charge on any atom is 0.336 e. The second-order valence-corrected chi connectivity index (χ2v) is 10.4. The quantitative estimate of drug-likeness (QED) is 0.0767. The van der Waals surface area contributed by atoms with E-state index in [9.17, 15) is 19.2 Å². The number of carbonyl (C=O) groups is 3. The highest BCUT2D eigenvalue weighted by Crippen LogP contribution is 2.21. The predicted molar refractivity (Wildman–Crippen MR) is 168 cm³/mol. The summed E-state index contributed by atoms with van der Waals surface area (Å²) in [6, 6.07) is 13.5. The number of benzene rings is 2. The Bertz CT molecular complexity index is 1500. The molecule has 3 aromatic rings. The van der Waals surface area contributed by atoms with Crippen LogP contribution in [0.5, 0.6) is 0 Å². The molecule has 2 aromatic carbocycles. The maximum absolute atomic E-state index is 13.6. The van der Waals surface area contributed by atoms with Gasteiger partial charge < -0.3 is 37.2 Å². The summed E-state index contributed by atoms with van der Waals surface area (Å²) in [5.74, 6) is -1.30. The van der Waals surface area contributed by atoms with E-state index in [0.29, 0.717) is 24.1 Å². The molecule has 1 aromatic heterocycles. The number of rotatable bonds is 12. The van der Waals surface area contributed by atoms with Crippen LogP contribution in [0.4, 0.5) is 5.69 Å². The van der Waals surface area contributed by atoms with E-state index in [0.717, 1.165) is 29.5 Å². The standard InChI is InChI=1S/C30H37N7O5.ClH/c1-18-15-26(38)42-25-17-20(11-12-21(18)25)35-28(40)23(10-6-14-34-30(31)32)36-29(41)24(16-19-7-3-2-4-8-19)37-27(39)22-9-5-13-33-22;/h2-4,7-8,11-12,15,17,22-24,33H,5-6,9-10,13-14,16H2,1H3,(H,35,40)(H,36,41)(H,37,39)(H4,31,32,34);1H/t22-,23-,24-;/m0./s1. The number of fused-ring (bicyclic) bond motifs is 1. The fourth-order valence-corrected chi connectivity index (χ4v) is 4.92. The molecule has 1 aliphatic rings. The predicted octanol–water partition coefficient (Wildman–Crippen LogP) is 1.48. The van der Waals surface area contributed by atoms with E-state index in [4.69, 9.17) is 15.9 Å². The number of carbonyl (C=O) groups excluding carboxylic acids is 3. The van der Waals surface area contributed by atoms with Crippen molar-refractivity contribution in [3.8, 4) is 0 Å². The van der Waals surface area contributed by atoms with E-state index in [2.05, 4.69) is 26.3 Å². The lowest BCUT2D eigenvalue weighted by Crippen LogP contribution is -2.55. The fourth-order valence-electron chi connectivity index (χ4n) is 4.92. The lowest BCUT2D eigenvalue weighted by molar-refractivity contribution is -0.131. The van der Waals surface area contributed by atoms with Crippen LogP contribution in [0.25, 0.3) is 11.0 Å². The Morgan fingerprint density at radius 3 is 2.51 bits per heavy atom. The first kappa shape index (κ1) is 33.1. The SMILES string of the molecule is Cc1cc(=O)oc2cc(NC(=O)[C@H](CCCN=C(N)N)NC(=O)[C@H](Cc3ccccc3)NC(=O)[C@@H]3CCCN3)ccc12.Cl. The smallest absolute Gasteiger partial charge is 0.336 e. The molecule has 43 heavy (non-hydrogen) atoms. The number of nitrogens with one attached hydrogen (secondary N) is 4. The van der Waals surface area contributed by atoms with Crippen LogP contribution in [0.1, 0.15) is 36.8 Å². The summed E-state index contributed by atoms with van der Waals surface area (Å²) >= 11 is 0. The Hall–Kier alpha value is -4.42. The van der Waals surface area contributed by atoms with Crippen LogP contribution < -0.4 is 38.4 Å². The van der Waals surface area contributed by atoms with Gasteiger partial charge in [-0.1, -0.05) is 30.3 Å². The summed E-state index contributed by atoms with van der Waals surface area (Å²) in [6.45, 7) is 2.80. The van der Waals surface area contributed by atoms with E-state index in [1.807, 2.05) is 30.3 Å². The number of halogens is 1. The number of anilines is 1. The second kappa shape index (κ2) is 15.7. The van der Waals surface area contributed by atoms with Crippen LogP contribution >= 0.6 is 12.4 Å². The zero-order chi connectivity index (χ0) is 30.1. The zero-order valence-electron chi connectivity index (χ0n) is 23.9. The number of nitrogens with zero attached hydrogens (tertiary/aromatic N) is 1. The van der Waals surface area contributed by atoms with Crippen molar-refractivity contribution in [2.24, 2.45) is 16.5 Å². The summed E-state index contributed by atoms with van der Waals surface area (Å²) in [6.07, 6.45) is 2.45. The Morgan fingerprint density at radius 2 is 1.81 bits per heavy atom. The third-order valence-electron chi connectivity index (χ3n) is 7.09. The number of hydrogen-bond donors (Lipinski definition) is 6. The van der Waals surface area contributed by atoms with Gasteiger partial charge in [0.15, 0.2) is 5.96 Å². The van der Waals surface area contributed by atoms with Gasteiger partial charge >= 0.3 is 5.63 Å². The van der Waals surface area contributed by atoms with E-state index >= 15 is 0 Å². The van der Waals surface area contributed by atoms with Crippen molar-refractivity contribution in [3.63, 3.8) is 0 Å². The third kappa shape index (κ3) is 9.55. The van der Waals surface area contributed by atoms with Crippen molar-refractivity contribution < 1.29 is 18.8 Å². The third-order valence-corrected chi connectivity index (χ3v) is 7.09. The number of aliphatic imine (C=N–C) groups is 1. The monoisotopic (exact) mass is 611 g/mol. The van der Waals surface area contributed by atoms with Crippen molar-refractivity contribution >= 4 is 52.7 Å². The summed E-state index contributed by atoms with van der Waals surface area (Å²) < 4.78 is 5.30. The average molecular weight is 612 g/mol. The molecule has 8 N–H and O–H groups in total. The van der Waals surface area contributed by atoms with Gasteiger partial charge in [-0.25, -0.2) is 4.79 Å². The number of hydrogen-bond acceptors (Lipinski definition) is 7. The molecule has 0 radical (unpaired) electrons. The highest BCUT2D eigenvalue weighted by molar-refractivity contribution is 5.99. The lowest BCUT2D eigenvalue weighted by Gasteiger charge is -2.24. The average Bonchev–Trinajstić information content (AvgIpc) is 3.50. The summed E-state index contributed by atoms with van der Waals surface area (Å²) in [7, 11) is 0. The van der Waals surface area contributed by atoms with Crippen LogP contribution in [0.15, 0.2) is 68.8 Å². The molecule has 1 saturated heterocycles. The molecular formula is C30H38ClN7O5. The number of nitrogens with two attached hydrogens (primary N) is 2. The minimum atomic E-state index is -0.966. The molecule has 0 bridgehead atoms. The lowest BCUT2D eigenvalue weighted by atomic mass is 10.0. The van der Waals surface area contributed by atoms with Crippen molar-refractivity contribution in [2.75, 3.05) is 18.4 Å². The van der Waals surface area contributed by atoms with Gasteiger partial charge in [-0.15, -0.1) is 12.4 Å². The molecular weight excluding hydrogens is 574 g/mol. The van der Waals surface area contributed by atoms with Gasteiger partial charge in [0.1, 0.15) is 17.7 Å². The molecule has 1 fully saturated rings. The van der Waals surface area contributed by atoms with E-state index in [-0.39, 0.29) is 49.7 Å². The van der Waals surface area contributed by atoms with Gasteiger partial charge in [0.25, 0.3) is 0 Å². The summed E-state index contributed by atoms with van der Waals surface area (Å²) in [4.78, 5) is 55.8. The van der Waals surface area contributed by atoms with Crippen molar-refractivity contribution in [1.29, 1.82) is 0 Å². The number of amides is 3. The molecule has 0 spiro atoms. The minimum absolute atomic E-state index is 0. The normalized spacial score (nSPS) is 15.5. The van der Waals surface area contributed by atoms with Gasteiger partial charge in [-0.05, 0) is 62.4 Å². The fraction of sp³-hybridized carbons (Fsp3) is 0.367. The molecule has 3 amide bonds. The van der Waals surface area contributed by atoms with Crippen molar-refractivity contribution in [1.82, 2.24) is 16.0 Å². The van der Waals surface area contributed by atoms with E-state index < -0.39 is 29.5 Å². The van der Waals surface area contributed by atoms with Gasteiger partial charge in [0.2, 0.25) is 17.7 Å². The van der Waals surface area contributed by atoms with Gasteiger partial charge in [-0.2, -0.15) is 0 Å². The highest BCUT2D eigenvalue weighted by Gasteiger charge is 2.30. The second-order valence-electron chi connectivity index (χ2n) is 10.4.